The van der Waals surface area contributed by atoms with Gasteiger partial charge in [-0.3, -0.25) is 0 Å². The Hall–Kier alpha value is -1.10. The van der Waals surface area contributed by atoms with E-state index in [1.165, 1.54) is 0 Å². The van der Waals surface area contributed by atoms with E-state index in [2.05, 4.69) is 29.4 Å². The zero-order valence-electron chi connectivity index (χ0n) is 9.49. The molecule has 1 aromatic rings. The van der Waals surface area contributed by atoms with Crippen LogP contribution in [0.5, 0.6) is 0 Å². The smallest absolute Gasteiger partial charge is 0.315 e. The van der Waals surface area contributed by atoms with Crippen molar-refractivity contribution in [2.24, 2.45) is 11.7 Å². The SMILES string of the molecule is CCC(CC)CNc1nnc(CCN)o1. The van der Waals surface area contributed by atoms with Gasteiger partial charge >= 0.3 is 6.01 Å². The first-order valence-electron chi connectivity index (χ1n) is 5.56. The molecule has 0 fully saturated rings. The van der Waals surface area contributed by atoms with Gasteiger partial charge in [0, 0.05) is 19.5 Å². The fourth-order valence-corrected chi connectivity index (χ4v) is 1.36. The Morgan fingerprint density at radius 2 is 2.07 bits per heavy atom. The Morgan fingerprint density at radius 1 is 1.33 bits per heavy atom. The molecule has 0 saturated carbocycles. The van der Waals surface area contributed by atoms with Gasteiger partial charge in [0.2, 0.25) is 5.89 Å². The van der Waals surface area contributed by atoms with E-state index >= 15 is 0 Å². The Kier molecular flexibility index (Phi) is 5.10. The summed E-state index contributed by atoms with van der Waals surface area (Å²) in [5.74, 6) is 1.26. The average molecular weight is 212 g/mol. The topological polar surface area (TPSA) is 77.0 Å². The van der Waals surface area contributed by atoms with Crippen molar-refractivity contribution in [3.8, 4) is 0 Å². The molecular weight excluding hydrogens is 192 g/mol. The van der Waals surface area contributed by atoms with Crippen LogP contribution in [-0.2, 0) is 6.42 Å². The second kappa shape index (κ2) is 6.40. The summed E-state index contributed by atoms with van der Waals surface area (Å²) in [7, 11) is 0. The Morgan fingerprint density at radius 3 is 2.67 bits per heavy atom. The molecule has 0 aromatic carbocycles. The molecule has 1 rings (SSSR count). The molecule has 15 heavy (non-hydrogen) atoms. The van der Waals surface area contributed by atoms with E-state index in [-0.39, 0.29) is 0 Å². The van der Waals surface area contributed by atoms with Crippen LogP contribution in [0.1, 0.15) is 32.6 Å². The highest BCUT2D eigenvalue weighted by Crippen LogP contribution is 2.10. The van der Waals surface area contributed by atoms with E-state index in [4.69, 9.17) is 10.2 Å². The highest BCUT2D eigenvalue weighted by Gasteiger charge is 2.07. The van der Waals surface area contributed by atoms with Crippen LogP contribution in [0.2, 0.25) is 0 Å². The van der Waals surface area contributed by atoms with Gasteiger partial charge < -0.3 is 15.5 Å². The van der Waals surface area contributed by atoms with Gasteiger partial charge in [0.05, 0.1) is 0 Å². The average Bonchev–Trinajstić information content (AvgIpc) is 2.68. The number of nitrogens with zero attached hydrogens (tertiary/aromatic N) is 2. The maximum atomic E-state index is 5.39. The predicted octanol–water partition coefficient (Wildman–Crippen LogP) is 1.42. The molecule has 0 bridgehead atoms. The number of anilines is 1. The highest BCUT2D eigenvalue weighted by atomic mass is 16.4. The van der Waals surface area contributed by atoms with Crippen LogP contribution >= 0.6 is 0 Å². The molecule has 1 aromatic heterocycles. The van der Waals surface area contributed by atoms with Gasteiger partial charge in [-0.05, 0) is 5.92 Å². The van der Waals surface area contributed by atoms with Crippen molar-refractivity contribution in [3.63, 3.8) is 0 Å². The zero-order valence-corrected chi connectivity index (χ0v) is 9.49. The van der Waals surface area contributed by atoms with Gasteiger partial charge in [-0.2, -0.15) is 0 Å². The molecule has 0 aliphatic carbocycles. The molecule has 0 radical (unpaired) electrons. The number of nitrogens with one attached hydrogen (secondary N) is 1. The second-order valence-electron chi connectivity index (χ2n) is 3.60. The first-order chi connectivity index (χ1) is 7.30. The van der Waals surface area contributed by atoms with Crippen molar-refractivity contribution in [1.82, 2.24) is 10.2 Å². The fourth-order valence-electron chi connectivity index (χ4n) is 1.36. The molecule has 0 aliphatic rings. The maximum Gasteiger partial charge on any atom is 0.315 e. The minimum absolute atomic E-state index is 0.505. The molecule has 0 spiro atoms. The van der Waals surface area contributed by atoms with Crippen LogP contribution in [0, 0.1) is 5.92 Å². The van der Waals surface area contributed by atoms with E-state index in [0.717, 1.165) is 19.4 Å². The number of hydrogen-bond acceptors (Lipinski definition) is 5. The molecule has 3 N–H and O–H groups in total. The van der Waals surface area contributed by atoms with Crippen molar-refractivity contribution in [2.45, 2.75) is 33.1 Å². The van der Waals surface area contributed by atoms with E-state index in [1.807, 2.05) is 0 Å². The fraction of sp³-hybridized carbons (Fsp3) is 0.800. The van der Waals surface area contributed by atoms with Crippen molar-refractivity contribution in [2.75, 3.05) is 18.4 Å². The Labute approximate surface area is 90.4 Å². The van der Waals surface area contributed by atoms with Gasteiger partial charge in [-0.25, -0.2) is 0 Å². The standard InChI is InChI=1S/C10H20N4O/c1-3-8(4-2)7-12-10-14-13-9(15-10)5-6-11/h8H,3-7,11H2,1-2H3,(H,12,14). The lowest BCUT2D eigenvalue weighted by Crippen LogP contribution is -2.12. The molecular formula is C10H20N4O. The summed E-state index contributed by atoms with van der Waals surface area (Å²) in [5, 5.41) is 10.9. The molecule has 86 valence electrons. The third-order valence-corrected chi connectivity index (χ3v) is 2.52. The quantitative estimate of drug-likeness (QED) is 0.714. The Balaban J connectivity index is 2.36. The summed E-state index contributed by atoms with van der Waals surface area (Å²) in [6.45, 7) is 5.79. The van der Waals surface area contributed by atoms with Crippen molar-refractivity contribution in [3.05, 3.63) is 5.89 Å². The molecule has 0 amide bonds. The van der Waals surface area contributed by atoms with Crippen LogP contribution in [0.15, 0.2) is 4.42 Å². The maximum absolute atomic E-state index is 5.39. The summed E-state index contributed by atoms with van der Waals surface area (Å²) in [6, 6.07) is 0.505. The predicted molar refractivity (Wildman–Crippen MR) is 59.6 cm³/mol. The number of aromatic nitrogens is 2. The van der Waals surface area contributed by atoms with E-state index in [9.17, 15) is 0 Å². The molecule has 5 heteroatoms. The lowest BCUT2D eigenvalue weighted by molar-refractivity contribution is 0.482. The molecule has 0 unspecified atom stereocenters. The lowest BCUT2D eigenvalue weighted by Gasteiger charge is -2.11. The minimum atomic E-state index is 0.505. The molecule has 0 atom stereocenters. The minimum Gasteiger partial charge on any atom is -0.408 e. The van der Waals surface area contributed by atoms with Gasteiger partial charge in [0.1, 0.15) is 0 Å². The lowest BCUT2D eigenvalue weighted by atomic mass is 10.0. The summed E-state index contributed by atoms with van der Waals surface area (Å²) in [6.07, 6.45) is 2.96. The monoisotopic (exact) mass is 212 g/mol. The van der Waals surface area contributed by atoms with E-state index < -0.39 is 0 Å². The summed E-state index contributed by atoms with van der Waals surface area (Å²) >= 11 is 0. The van der Waals surface area contributed by atoms with Gasteiger partial charge in [0.25, 0.3) is 0 Å². The number of hydrogen-bond donors (Lipinski definition) is 2. The van der Waals surface area contributed by atoms with E-state index in [0.29, 0.717) is 30.8 Å². The van der Waals surface area contributed by atoms with Crippen LogP contribution in [0.4, 0.5) is 6.01 Å². The van der Waals surface area contributed by atoms with Crippen LogP contribution in [0.25, 0.3) is 0 Å². The zero-order chi connectivity index (χ0) is 11.1. The van der Waals surface area contributed by atoms with E-state index in [1.54, 1.807) is 0 Å². The van der Waals surface area contributed by atoms with Crippen molar-refractivity contribution in [1.29, 1.82) is 0 Å². The molecule has 5 nitrogen and oxygen atoms in total. The third-order valence-electron chi connectivity index (χ3n) is 2.52. The molecule has 0 aliphatic heterocycles. The third kappa shape index (κ3) is 3.87. The first kappa shape index (κ1) is 12.0. The van der Waals surface area contributed by atoms with Crippen LogP contribution in [0.3, 0.4) is 0 Å². The van der Waals surface area contributed by atoms with Crippen LogP contribution in [-0.4, -0.2) is 23.3 Å². The van der Waals surface area contributed by atoms with Crippen molar-refractivity contribution < 1.29 is 4.42 Å². The molecule has 1 heterocycles. The summed E-state index contributed by atoms with van der Waals surface area (Å²) < 4.78 is 5.35. The number of rotatable bonds is 7. The largest absolute Gasteiger partial charge is 0.408 e. The van der Waals surface area contributed by atoms with Gasteiger partial charge in [-0.15, -0.1) is 5.10 Å². The van der Waals surface area contributed by atoms with Crippen LogP contribution < -0.4 is 11.1 Å². The summed E-state index contributed by atoms with van der Waals surface area (Å²) in [4.78, 5) is 0. The summed E-state index contributed by atoms with van der Waals surface area (Å²) in [5.41, 5.74) is 5.39. The number of nitrogens with two attached hydrogens (primary N) is 1. The first-order valence-corrected chi connectivity index (χ1v) is 5.56. The normalized spacial score (nSPS) is 10.9. The molecule has 0 saturated heterocycles. The second-order valence-corrected chi connectivity index (χ2v) is 3.60. The Bertz CT molecular complexity index is 270. The van der Waals surface area contributed by atoms with Gasteiger partial charge in [-0.1, -0.05) is 31.8 Å². The highest BCUT2D eigenvalue weighted by molar-refractivity contribution is 5.16. The van der Waals surface area contributed by atoms with Gasteiger partial charge in [0.15, 0.2) is 0 Å². The van der Waals surface area contributed by atoms with Crippen molar-refractivity contribution >= 4 is 6.01 Å².